The van der Waals surface area contributed by atoms with Crippen molar-refractivity contribution >= 4 is 0 Å². The quantitative estimate of drug-likeness (QED) is 0.601. The fourth-order valence-electron chi connectivity index (χ4n) is 0. The third-order valence-electron chi connectivity index (χ3n) is 0. The Kier molecular flexibility index (Phi) is 2010. The van der Waals surface area contributed by atoms with Gasteiger partial charge in [0, 0.05) is 27.7 Å². The van der Waals surface area contributed by atoms with Gasteiger partial charge < -0.3 is 12.3 Å². The van der Waals surface area contributed by atoms with Crippen LogP contribution in [0, 0.1) is 45.3 Å². The monoisotopic (exact) mass is 226 g/mol. The van der Waals surface area contributed by atoms with Gasteiger partial charge in [0.1, 0.15) is 0 Å². The summed E-state index contributed by atoms with van der Waals surface area (Å²) in [7, 11) is 0. The van der Waals surface area contributed by atoms with Crippen LogP contribution in [-0.2, 0) is 0 Å². The molecule has 0 atom stereocenters. The summed E-state index contributed by atoms with van der Waals surface area (Å²) in [6.45, 7) is 11.7. The maximum atomic E-state index is 7.32. The molecule has 0 aromatic heterocycles. The van der Waals surface area contributed by atoms with Crippen LogP contribution >= 0.6 is 0 Å². The van der Waals surface area contributed by atoms with Crippen molar-refractivity contribution in [3.63, 3.8) is 0 Å². The molecule has 0 amide bonds. The van der Waals surface area contributed by atoms with E-state index in [4.69, 9.17) is 21.0 Å². The molecule has 0 aliphatic heterocycles. The molecule has 0 saturated heterocycles. The van der Waals surface area contributed by atoms with Gasteiger partial charge in [-0.15, -0.1) is 13.2 Å². The molecule has 0 saturated carbocycles. The Morgan fingerprint density at radius 2 is 0.562 bits per heavy atom. The number of hydrogen-bond acceptors (Lipinski definition) is 6. The third-order valence-corrected chi connectivity index (χ3v) is 0. The Bertz CT molecular complexity index is 161. The number of rotatable bonds is 0. The third kappa shape index (κ3) is 231. The van der Waals surface area contributed by atoms with Crippen LogP contribution in [0.25, 0.3) is 0 Å². The SMILES string of the molecule is C=C.CC#N.CC#N.CC#N.CC#N.N.N. The first kappa shape index (κ1) is 49.5. The van der Waals surface area contributed by atoms with Crippen LogP contribution in [-0.4, -0.2) is 0 Å². The highest BCUT2D eigenvalue weighted by Crippen LogP contribution is 1.22. The van der Waals surface area contributed by atoms with E-state index in [0.29, 0.717) is 0 Å². The second kappa shape index (κ2) is 649. The van der Waals surface area contributed by atoms with Gasteiger partial charge in [-0.3, -0.25) is 0 Å². The average molecular weight is 226 g/mol. The summed E-state index contributed by atoms with van der Waals surface area (Å²) in [5.74, 6) is 0. The fourth-order valence-corrected chi connectivity index (χ4v) is 0. The van der Waals surface area contributed by atoms with Crippen LogP contribution in [0.4, 0.5) is 0 Å². The lowest BCUT2D eigenvalue weighted by Gasteiger charge is -1.15. The Morgan fingerprint density at radius 1 is 0.562 bits per heavy atom. The molecule has 0 aromatic carbocycles. The minimum absolute atomic E-state index is 0. The summed E-state index contributed by atoms with van der Waals surface area (Å²) in [4.78, 5) is 0. The summed E-state index contributed by atoms with van der Waals surface area (Å²) < 4.78 is 0. The zero-order valence-corrected chi connectivity index (χ0v) is 10.6. The molecule has 0 aromatic rings. The molecule has 0 spiro atoms. The van der Waals surface area contributed by atoms with Gasteiger partial charge in [0.25, 0.3) is 0 Å². The lowest BCUT2D eigenvalue weighted by Crippen LogP contribution is -1.10. The summed E-state index contributed by atoms with van der Waals surface area (Å²) in [6.07, 6.45) is 0. The van der Waals surface area contributed by atoms with Crippen molar-refractivity contribution in [1.82, 2.24) is 12.3 Å². The maximum absolute atomic E-state index is 7.32. The van der Waals surface area contributed by atoms with E-state index in [1.165, 1.54) is 27.7 Å². The van der Waals surface area contributed by atoms with Gasteiger partial charge in [-0.1, -0.05) is 0 Å². The molecule has 0 aliphatic rings. The van der Waals surface area contributed by atoms with Crippen LogP contribution in [0.15, 0.2) is 13.2 Å². The van der Waals surface area contributed by atoms with E-state index in [-0.39, 0.29) is 12.3 Å². The van der Waals surface area contributed by atoms with Crippen LogP contribution < -0.4 is 12.3 Å². The van der Waals surface area contributed by atoms with Crippen LogP contribution in [0.1, 0.15) is 27.7 Å². The standard InChI is InChI=1S/4C2H3N.C2H4.2H3N/c4*1-2-3;1-2;;/h4*1H3;1-2H2;2*1H3. The molecular formula is C10H22N6. The van der Waals surface area contributed by atoms with Gasteiger partial charge in [0.2, 0.25) is 0 Å². The smallest absolute Gasteiger partial charge is 0.0587 e. The number of nitrogens with zero attached hydrogens (tertiary/aromatic N) is 4. The predicted octanol–water partition coefficient (Wildman–Crippen LogP) is 3.25. The predicted molar refractivity (Wildman–Crippen MR) is 66.4 cm³/mol. The molecule has 0 bridgehead atoms. The van der Waals surface area contributed by atoms with Crippen molar-refractivity contribution < 1.29 is 0 Å². The van der Waals surface area contributed by atoms with Crippen molar-refractivity contribution in [2.75, 3.05) is 0 Å². The van der Waals surface area contributed by atoms with Gasteiger partial charge in [0.05, 0.1) is 24.3 Å². The van der Waals surface area contributed by atoms with E-state index >= 15 is 0 Å². The van der Waals surface area contributed by atoms with E-state index in [0.717, 1.165) is 0 Å². The molecule has 92 valence electrons. The highest BCUT2D eigenvalue weighted by molar-refractivity contribution is 4.51. The summed E-state index contributed by atoms with van der Waals surface area (Å²) in [5, 5.41) is 29.3. The van der Waals surface area contributed by atoms with Crippen LogP contribution in [0.3, 0.4) is 0 Å². The largest absolute Gasteiger partial charge is 0.344 e. The van der Waals surface area contributed by atoms with E-state index in [1.807, 2.05) is 0 Å². The zero-order valence-electron chi connectivity index (χ0n) is 10.6. The van der Waals surface area contributed by atoms with E-state index in [9.17, 15) is 0 Å². The number of nitriles is 4. The van der Waals surface area contributed by atoms with Crippen LogP contribution in [0.2, 0.25) is 0 Å². The maximum Gasteiger partial charge on any atom is 0.0587 e. The van der Waals surface area contributed by atoms with Crippen molar-refractivity contribution in [3.05, 3.63) is 13.2 Å². The Hall–Kier alpha value is -2.38. The number of hydrogen-bond donors (Lipinski definition) is 2. The summed E-state index contributed by atoms with van der Waals surface area (Å²) >= 11 is 0. The van der Waals surface area contributed by atoms with Crippen molar-refractivity contribution in [2.24, 2.45) is 0 Å². The normalized spacial score (nSPS) is 2.25. The summed E-state index contributed by atoms with van der Waals surface area (Å²) in [6, 6.07) is 7.00. The second-order valence-corrected chi connectivity index (χ2v) is 0.894. The molecule has 0 unspecified atom stereocenters. The van der Waals surface area contributed by atoms with E-state index in [2.05, 4.69) is 13.2 Å². The second-order valence-electron chi connectivity index (χ2n) is 0.894. The Labute approximate surface area is 99.2 Å². The molecule has 6 N–H and O–H groups in total. The molecule has 0 fully saturated rings. The highest BCUT2D eigenvalue weighted by atomic mass is 14.2. The molecule has 6 heteroatoms. The van der Waals surface area contributed by atoms with Gasteiger partial charge >= 0.3 is 0 Å². The first-order valence-electron chi connectivity index (χ1n) is 3.39. The molecule has 16 heavy (non-hydrogen) atoms. The van der Waals surface area contributed by atoms with Crippen LogP contribution in [0.5, 0.6) is 0 Å². The Morgan fingerprint density at radius 3 is 0.562 bits per heavy atom. The molecule has 6 nitrogen and oxygen atoms in total. The minimum Gasteiger partial charge on any atom is -0.344 e. The molecule has 0 rings (SSSR count). The Balaban J connectivity index is -0.0000000124. The lowest BCUT2D eigenvalue weighted by molar-refractivity contribution is 1.49. The van der Waals surface area contributed by atoms with Gasteiger partial charge in [-0.25, -0.2) is 0 Å². The molecule has 0 radical (unpaired) electrons. The molecular weight excluding hydrogens is 204 g/mol. The zero-order chi connectivity index (χ0) is 12.8. The van der Waals surface area contributed by atoms with Gasteiger partial charge in [0.15, 0.2) is 0 Å². The average Bonchev–Trinajstić information content (AvgIpc) is 2.12. The van der Waals surface area contributed by atoms with Crippen molar-refractivity contribution in [1.29, 1.82) is 21.0 Å². The van der Waals surface area contributed by atoms with Gasteiger partial charge in [-0.05, 0) is 0 Å². The minimum atomic E-state index is 0. The van der Waals surface area contributed by atoms with E-state index in [1.54, 1.807) is 24.3 Å². The fraction of sp³-hybridized carbons (Fsp3) is 0.400. The topological polar surface area (TPSA) is 165 Å². The van der Waals surface area contributed by atoms with Crippen molar-refractivity contribution in [3.8, 4) is 24.3 Å². The van der Waals surface area contributed by atoms with E-state index < -0.39 is 0 Å². The molecule has 0 aliphatic carbocycles. The first-order valence-corrected chi connectivity index (χ1v) is 3.39. The first-order chi connectivity index (χ1) is 6.66. The summed E-state index contributed by atoms with van der Waals surface area (Å²) in [5.41, 5.74) is 0. The van der Waals surface area contributed by atoms with Crippen molar-refractivity contribution in [2.45, 2.75) is 27.7 Å². The van der Waals surface area contributed by atoms with Gasteiger partial charge in [-0.2, -0.15) is 21.0 Å². The lowest BCUT2D eigenvalue weighted by atomic mass is 11.0. The highest BCUT2D eigenvalue weighted by Gasteiger charge is 1.18. The molecule has 0 heterocycles.